The van der Waals surface area contributed by atoms with Gasteiger partial charge in [-0.25, -0.2) is 0 Å². The first kappa shape index (κ1) is 23.6. The molecule has 1 saturated heterocycles. The molecule has 3 nitrogen and oxygen atoms in total. The third-order valence-corrected chi connectivity index (χ3v) is 10.3. The van der Waals surface area contributed by atoms with Crippen LogP contribution in [0.15, 0.2) is 64.3 Å². The molecule has 4 rings (SSSR count). The molecule has 1 fully saturated rings. The topological polar surface area (TPSA) is 44.1 Å². The Kier molecular flexibility index (Phi) is 6.16. The number of rotatable bonds is 3. The van der Waals surface area contributed by atoms with Crippen LogP contribution in [0.2, 0.25) is 0 Å². The van der Waals surface area contributed by atoms with E-state index in [1.165, 1.54) is 19.3 Å². The number of alkyl halides is 3. The summed E-state index contributed by atoms with van der Waals surface area (Å²) >= 11 is -0.597. The molecular weight excluding hydrogens is 540 g/mol. The maximum atomic E-state index is 13.5. The molecule has 0 radical (unpaired) electrons. The van der Waals surface area contributed by atoms with E-state index in [0.717, 1.165) is 24.1 Å². The van der Waals surface area contributed by atoms with Gasteiger partial charge in [0.2, 0.25) is 0 Å². The number of amides is 1. The fourth-order valence-corrected chi connectivity index (χ4v) is 7.82. The number of nitrogens with zero attached hydrogens (tertiary/aromatic N) is 2. The summed E-state index contributed by atoms with van der Waals surface area (Å²) in [5.41, 5.74) is 1.00. The van der Waals surface area contributed by atoms with E-state index in [0.29, 0.717) is 11.1 Å². The summed E-state index contributed by atoms with van der Waals surface area (Å²) < 4.78 is 41.7. The van der Waals surface area contributed by atoms with Gasteiger partial charge >= 0.3 is 202 Å². The zero-order valence-corrected chi connectivity index (χ0v) is 20.6. The summed E-state index contributed by atoms with van der Waals surface area (Å²) in [6.45, 7) is 4.09. The van der Waals surface area contributed by atoms with Crippen LogP contribution in [-0.2, 0) is 11.0 Å². The van der Waals surface area contributed by atoms with Gasteiger partial charge in [0.25, 0.3) is 0 Å². The molecule has 3 atom stereocenters. The van der Waals surface area contributed by atoms with Gasteiger partial charge in [0, 0.05) is 0 Å². The number of hydrogen-bond acceptors (Lipinski definition) is 2. The van der Waals surface area contributed by atoms with Crippen LogP contribution in [0.3, 0.4) is 0 Å². The van der Waals surface area contributed by atoms with Crippen molar-refractivity contribution in [2.24, 2.45) is 5.41 Å². The Morgan fingerprint density at radius 1 is 1.15 bits per heavy atom. The fourth-order valence-electron chi connectivity index (χ4n) is 4.68. The molecule has 0 aliphatic carbocycles. The SMILES string of the molecule is CC1CC(C)(C2=CC=C(c3cccc(C#N)c3)[I-]2)C(c2ccc(C(F)(F)F)cc2)C(=O)N1C. The van der Waals surface area contributed by atoms with Crippen molar-refractivity contribution in [1.82, 2.24) is 4.90 Å². The van der Waals surface area contributed by atoms with Crippen LogP contribution in [0.5, 0.6) is 0 Å². The molecule has 2 aromatic carbocycles. The number of carbonyl (C=O) groups excluding carboxylic acids is 1. The first-order chi connectivity index (χ1) is 15.5. The first-order valence-electron chi connectivity index (χ1n) is 10.6. The predicted octanol–water partition coefficient (Wildman–Crippen LogP) is 2.95. The van der Waals surface area contributed by atoms with Crippen LogP contribution in [-0.4, -0.2) is 23.9 Å². The second-order valence-electron chi connectivity index (χ2n) is 8.79. The number of allylic oxidation sites excluding steroid dienone is 3. The normalized spacial score (nSPS) is 25.7. The predicted molar refractivity (Wildman–Crippen MR) is 116 cm³/mol. The Hall–Kier alpha value is -2.60. The number of likely N-dealkylation sites (tertiary alicyclic amines) is 1. The summed E-state index contributed by atoms with van der Waals surface area (Å²) in [5.74, 6) is -0.619. The maximum absolute atomic E-state index is 13.5. The molecule has 0 bridgehead atoms. The van der Waals surface area contributed by atoms with E-state index in [1.807, 2.05) is 25.1 Å². The van der Waals surface area contributed by atoms with Crippen molar-refractivity contribution < 1.29 is 39.2 Å². The van der Waals surface area contributed by atoms with E-state index in [4.69, 9.17) is 0 Å². The number of carbonyl (C=O) groups is 1. The van der Waals surface area contributed by atoms with Crippen LogP contribution in [0, 0.1) is 16.7 Å². The Bertz CT molecular complexity index is 1190. The number of benzene rings is 2. The zero-order chi connectivity index (χ0) is 24.0. The van der Waals surface area contributed by atoms with E-state index < -0.39 is 44.3 Å². The standard InChI is InChI=1S/C26H23F3IN2O/c1-16-14-25(2,22-12-11-21(30-22)19-6-4-5-17(13-19)15-31)23(24(33)32(16)3)18-7-9-20(10-8-18)26(27,28)29/h4-13,16,23H,14H2,1-3H3/q-1. The summed E-state index contributed by atoms with van der Waals surface area (Å²) in [4.78, 5) is 15.2. The zero-order valence-electron chi connectivity index (χ0n) is 18.4. The summed E-state index contributed by atoms with van der Waals surface area (Å²) in [6.07, 6.45) is 0.470. The van der Waals surface area contributed by atoms with Crippen LogP contribution in [0.25, 0.3) is 3.58 Å². The summed E-state index contributed by atoms with van der Waals surface area (Å²) in [6, 6.07) is 14.7. The number of nitriles is 1. The van der Waals surface area contributed by atoms with Gasteiger partial charge in [-0.05, 0) is 0 Å². The Balaban J connectivity index is 1.69. The Morgan fingerprint density at radius 2 is 1.85 bits per heavy atom. The minimum atomic E-state index is -4.42. The van der Waals surface area contributed by atoms with Crippen LogP contribution in [0.1, 0.15) is 48.4 Å². The number of hydrogen-bond donors (Lipinski definition) is 0. The third-order valence-electron chi connectivity index (χ3n) is 6.58. The van der Waals surface area contributed by atoms with Crippen molar-refractivity contribution in [3.05, 3.63) is 86.5 Å². The fraction of sp³-hybridized carbons (Fsp3) is 0.308. The molecule has 172 valence electrons. The minimum absolute atomic E-state index is 0.0177. The van der Waals surface area contributed by atoms with E-state index in [2.05, 4.69) is 25.1 Å². The molecule has 1 amide bonds. The quantitative estimate of drug-likeness (QED) is 0.540. The molecule has 2 heterocycles. The van der Waals surface area contributed by atoms with Gasteiger partial charge in [-0.2, -0.15) is 0 Å². The molecular formula is C26H23F3IN2O-. The molecule has 3 unspecified atom stereocenters. The molecule has 33 heavy (non-hydrogen) atoms. The van der Waals surface area contributed by atoms with Gasteiger partial charge in [0.05, 0.1) is 0 Å². The molecule has 2 aromatic rings. The van der Waals surface area contributed by atoms with Crippen molar-refractivity contribution in [2.45, 2.75) is 38.4 Å². The average molecular weight is 563 g/mol. The molecule has 0 N–H and O–H groups in total. The molecule has 2 aliphatic heterocycles. The van der Waals surface area contributed by atoms with Gasteiger partial charge in [0.1, 0.15) is 0 Å². The number of halogens is 4. The van der Waals surface area contributed by atoms with Crippen molar-refractivity contribution in [1.29, 1.82) is 5.26 Å². The van der Waals surface area contributed by atoms with E-state index >= 15 is 0 Å². The van der Waals surface area contributed by atoms with Gasteiger partial charge in [-0.3, -0.25) is 0 Å². The van der Waals surface area contributed by atoms with Crippen LogP contribution < -0.4 is 21.2 Å². The Morgan fingerprint density at radius 3 is 2.48 bits per heavy atom. The molecule has 7 heteroatoms. The van der Waals surface area contributed by atoms with Gasteiger partial charge in [-0.15, -0.1) is 0 Å². The Labute approximate surface area is 201 Å². The van der Waals surface area contributed by atoms with Gasteiger partial charge in [0.15, 0.2) is 0 Å². The monoisotopic (exact) mass is 563 g/mol. The average Bonchev–Trinajstić information content (AvgIpc) is 3.29. The molecule has 2 aliphatic rings. The number of piperidine rings is 1. The second kappa shape index (κ2) is 8.64. The van der Waals surface area contributed by atoms with E-state index in [-0.39, 0.29) is 11.9 Å². The molecule has 0 saturated carbocycles. The van der Waals surface area contributed by atoms with Crippen molar-refractivity contribution in [2.75, 3.05) is 7.05 Å². The first-order valence-corrected chi connectivity index (χ1v) is 12.7. The molecule has 0 spiro atoms. The summed E-state index contributed by atoms with van der Waals surface area (Å²) in [7, 11) is 1.76. The molecule has 0 aromatic heterocycles. The van der Waals surface area contributed by atoms with Crippen LogP contribution in [0.4, 0.5) is 13.2 Å². The van der Waals surface area contributed by atoms with Crippen molar-refractivity contribution in [3.63, 3.8) is 0 Å². The third kappa shape index (κ3) is 4.33. The summed E-state index contributed by atoms with van der Waals surface area (Å²) in [5, 5.41) is 9.23. The van der Waals surface area contributed by atoms with E-state index in [9.17, 15) is 23.2 Å². The number of likely N-dealkylation sites (N-methyl/N-ethyl adjacent to an activating group) is 1. The van der Waals surface area contributed by atoms with Crippen molar-refractivity contribution in [3.8, 4) is 6.07 Å². The van der Waals surface area contributed by atoms with Gasteiger partial charge in [-0.1, -0.05) is 0 Å². The van der Waals surface area contributed by atoms with Crippen LogP contribution >= 0.6 is 0 Å². The van der Waals surface area contributed by atoms with Gasteiger partial charge < -0.3 is 0 Å². The van der Waals surface area contributed by atoms with Crippen molar-refractivity contribution >= 4 is 9.49 Å². The second-order valence-corrected chi connectivity index (χ2v) is 11.7. The van der Waals surface area contributed by atoms with E-state index in [1.54, 1.807) is 18.0 Å².